The highest BCUT2D eigenvalue weighted by Crippen LogP contribution is 2.03. The Hall–Kier alpha value is -0.120. The third-order valence-corrected chi connectivity index (χ3v) is 2.91. The lowest BCUT2D eigenvalue weighted by atomic mass is 10.2. The van der Waals surface area contributed by atoms with Gasteiger partial charge in [0.2, 0.25) is 0 Å². The van der Waals surface area contributed by atoms with E-state index in [0.29, 0.717) is 6.04 Å². The van der Waals surface area contributed by atoms with Crippen LogP contribution in [-0.4, -0.2) is 55.1 Å². The lowest BCUT2D eigenvalue weighted by molar-refractivity contribution is 0.130. The second kappa shape index (κ2) is 6.38. The van der Waals surface area contributed by atoms with Crippen LogP contribution in [-0.2, 0) is 0 Å². The zero-order chi connectivity index (χ0) is 10.4. The van der Waals surface area contributed by atoms with Gasteiger partial charge in [-0.2, -0.15) is 0 Å². The van der Waals surface area contributed by atoms with E-state index in [9.17, 15) is 0 Å². The Kier molecular flexibility index (Phi) is 5.45. The number of piperazine rings is 1. The maximum Gasteiger partial charge on any atom is 0.0110 e. The maximum absolute atomic E-state index is 5.75. The van der Waals surface area contributed by atoms with Crippen molar-refractivity contribution in [3.63, 3.8) is 0 Å². The molecule has 0 bridgehead atoms. The fourth-order valence-corrected chi connectivity index (χ4v) is 1.94. The fraction of sp³-hybridized carbons (Fsp3) is 1.00. The summed E-state index contributed by atoms with van der Waals surface area (Å²) in [5.41, 5.74) is 5.75. The van der Waals surface area contributed by atoms with Gasteiger partial charge in [0.05, 0.1) is 0 Å². The van der Waals surface area contributed by atoms with Crippen LogP contribution < -0.4 is 5.73 Å². The van der Waals surface area contributed by atoms with Gasteiger partial charge in [0, 0.05) is 32.2 Å². The molecule has 1 aliphatic heterocycles. The second-order valence-electron chi connectivity index (χ2n) is 4.45. The summed E-state index contributed by atoms with van der Waals surface area (Å²) in [6.07, 6.45) is 2.41. The van der Waals surface area contributed by atoms with Crippen molar-refractivity contribution in [1.29, 1.82) is 0 Å². The molecule has 0 aromatic carbocycles. The van der Waals surface area contributed by atoms with E-state index in [2.05, 4.69) is 23.6 Å². The number of hydrogen-bond acceptors (Lipinski definition) is 3. The molecule has 84 valence electrons. The Morgan fingerprint density at radius 2 is 1.57 bits per heavy atom. The summed E-state index contributed by atoms with van der Waals surface area (Å²) in [5, 5.41) is 0. The van der Waals surface area contributed by atoms with Crippen LogP contribution in [0.3, 0.4) is 0 Å². The Morgan fingerprint density at radius 1 is 1.07 bits per heavy atom. The standard InChI is InChI=1S/C11H25N3/c1-3-5-13-7-9-14(10-8-13)6-4-11(2)12/h11H,3-10,12H2,1-2H3. The van der Waals surface area contributed by atoms with Crippen molar-refractivity contribution in [3.05, 3.63) is 0 Å². The monoisotopic (exact) mass is 199 g/mol. The predicted molar refractivity (Wildman–Crippen MR) is 61.4 cm³/mol. The third kappa shape index (κ3) is 4.40. The first-order valence-corrected chi connectivity index (χ1v) is 5.92. The maximum atomic E-state index is 5.75. The smallest absolute Gasteiger partial charge is 0.0110 e. The number of nitrogens with zero attached hydrogens (tertiary/aromatic N) is 2. The van der Waals surface area contributed by atoms with Crippen molar-refractivity contribution < 1.29 is 0 Å². The Balaban J connectivity index is 2.09. The minimum atomic E-state index is 0.351. The summed E-state index contributed by atoms with van der Waals surface area (Å²) in [5.74, 6) is 0. The largest absolute Gasteiger partial charge is 0.328 e. The summed E-state index contributed by atoms with van der Waals surface area (Å²) >= 11 is 0. The number of hydrogen-bond donors (Lipinski definition) is 1. The van der Waals surface area contributed by atoms with E-state index in [1.165, 1.54) is 45.7 Å². The van der Waals surface area contributed by atoms with Crippen LogP contribution in [0.25, 0.3) is 0 Å². The highest BCUT2D eigenvalue weighted by atomic mass is 15.3. The highest BCUT2D eigenvalue weighted by molar-refractivity contribution is 4.72. The van der Waals surface area contributed by atoms with Crippen molar-refractivity contribution in [2.75, 3.05) is 39.3 Å². The molecule has 3 nitrogen and oxygen atoms in total. The first-order valence-electron chi connectivity index (χ1n) is 5.92. The molecule has 0 spiro atoms. The summed E-state index contributed by atoms with van der Waals surface area (Å²) in [7, 11) is 0. The molecule has 0 amide bonds. The lowest BCUT2D eigenvalue weighted by Gasteiger charge is -2.34. The molecule has 0 radical (unpaired) electrons. The van der Waals surface area contributed by atoms with Crippen molar-refractivity contribution in [2.24, 2.45) is 5.73 Å². The molecule has 1 rings (SSSR count). The summed E-state index contributed by atoms with van der Waals surface area (Å²) in [6.45, 7) is 11.7. The molecule has 1 unspecified atom stereocenters. The first kappa shape index (κ1) is 12.0. The van der Waals surface area contributed by atoms with E-state index in [-0.39, 0.29) is 0 Å². The topological polar surface area (TPSA) is 32.5 Å². The Morgan fingerprint density at radius 3 is 2.00 bits per heavy atom. The molecule has 0 aromatic heterocycles. The zero-order valence-electron chi connectivity index (χ0n) is 9.71. The first-order chi connectivity index (χ1) is 6.72. The molecule has 14 heavy (non-hydrogen) atoms. The van der Waals surface area contributed by atoms with Crippen LogP contribution >= 0.6 is 0 Å². The second-order valence-corrected chi connectivity index (χ2v) is 4.45. The van der Waals surface area contributed by atoms with Crippen LogP contribution in [0.5, 0.6) is 0 Å². The number of nitrogens with two attached hydrogens (primary N) is 1. The van der Waals surface area contributed by atoms with Crippen LogP contribution in [0.1, 0.15) is 26.7 Å². The molecule has 0 aliphatic carbocycles. The van der Waals surface area contributed by atoms with E-state index in [4.69, 9.17) is 5.73 Å². The van der Waals surface area contributed by atoms with E-state index < -0.39 is 0 Å². The predicted octanol–water partition coefficient (Wildman–Crippen LogP) is 0.751. The third-order valence-electron chi connectivity index (χ3n) is 2.91. The molecule has 2 N–H and O–H groups in total. The van der Waals surface area contributed by atoms with E-state index >= 15 is 0 Å². The quantitative estimate of drug-likeness (QED) is 0.709. The fourth-order valence-electron chi connectivity index (χ4n) is 1.94. The van der Waals surface area contributed by atoms with Gasteiger partial charge in [0.25, 0.3) is 0 Å². The molecule has 0 aromatic rings. The zero-order valence-corrected chi connectivity index (χ0v) is 9.71. The summed E-state index contributed by atoms with van der Waals surface area (Å²) in [6, 6.07) is 0.351. The molecule has 3 heteroatoms. The van der Waals surface area contributed by atoms with Crippen LogP contribution in [0.4, 0.5) is 0 Å². The Labute approximate surface area is 88.2 Å². The van der Waals surface area contributed by atoms with Crippen LogP contribution in [0.15, 0.2) is 0 Å². The van der Waals surface area contributed by atoms with Gasteiger partial charge >= 0.3 is 0 Å². The Bertz CT molecular complexity index is 139. The van der Waals surface area contributed by atoms with Crippen molar-refractivity contribution in [2.45, 2.75) is 32.7 Å². The SMILES string of the molecule is CCCN1CCN(CCC(C)N)CC1. The average Bonchev–Trinajstić information content (AvgIpc) is 2.17. The van der Waals surface area contributed by atoms with Gasteiger partial charge in [0.15, 0.2) is 0 Å². The minimum absolute atomic E-state index is 0.351. The molecular formula is C11H25N3. The molecule has 0 saturated carbocycles. The molecule has 1 saturated heterocycles. The molecule has 1 aliphatic rings. The molecule has 1 fully saturated rings. The minimum Gasteiger partial charge on any atom is -0.328 e. The molecule has 1 atom stereocenters. The average molecular weight is 199 g/mol. The van der Waals surface area contributed by atoms with Crippen molar-refractivity contribution >= 4 is 0 Å². The van der Waals surface area contributed by atoms with E-state index in [1.54, 1.807) is 0 Å². The lowest BCUT2D eigenvalue weighted by Crippen LogP contribution is -2.47. The molecular weight excluding hydrogens is 174 g/mol. The van der Waals surface area contributed by atoms with Gasteiger partial charge in [-0.1, -0.05) is 6.92 Å². The van der Waals surface area contributed by atoms with E-state index in [1.807, 2.05) is 0 Å². The summed E-state index contributed by atoms with van der Waals surface area (Å²) in [4.78, 5) is 5.10. The number of rotatable bonds is 5. The van der Waals surface area contributed by atoms with Gasteiger partial charge in [-0.25, -0.2) is 0 Å². The van der Waals surface area contributed by atoms with Gasteiger partial charge in [-0.3, -0.25) is 0 Å². The van der Waals surface area contributed by atoms with Crippen molar-refractivity contribution in [1.82, 2.24) is 9.80 Å². The highest BCUT2D eigenvalue weighted by Gasteiger charge is 2.15. The normalized spacial score (nSPS) is 22.5. The van der Waals surface area contributed by atoms with Gasteiger partial charge < -0.3 is 15.5 Å². The molecule has 1 heterocycles. The van der Waals surface area contributed by atoms with E-state index in [0.717, 1.165) is 6.42 Å². The van der Waals surface area contributed by atoms with Crippen LogP contribution in [0.2, 0.25) is 0 Å². The van der Waals surface area contributed by atoms with Gasteiger partial charge in [-0.05, 0) is 32.9 Å². The van der Waals surface area contributed by atoms with Gasteiger partial charge in [-0.15, -0.1) is 0 Å². The van der Waals surface area contributed by atoms with Gasteiger partial charge in [0.1, 0.15) is 0 Å². The van der Waals surface area contributed by atoms with Crippen molar-refractivity contribution in [3.8, 4) is 0 Å². The summed E-state index contributed by atoms with van der Waals surface area (Å²) < 4.78 is 0. The van der Waals surface area contributed by atoms with Crippen LogP contribution in [0, 0.1) is 0 Å².